The third-order valence-corrected chi connectivity index (χ3v) is 3.82. The SMILES string of the molecule is CC1CN(c2cc(N3CCNCC3)ncn2)CC(C)O1. The fraction of sp³-hybridized carbons (Fsp3) is 0.714. The standard InChI is InChI=1S/C14H23N5O/c1-11-8-19(9-12(2)20-11)14-7-13(16-10-17-14)18-5-3-15-4-6-18/h7,10-12,15H,3-6,8-9H2,1-2H3. The molecule has 2 unspecified atom stereocenters. The smallest absolute Gasteiger partial charge is 0.134 e. The lowest BCUT2D eigenvalue weighted by molar-refractivity contribution is -0.00546. The van der Waals surface area contributed by atoms with E-state index in [2.05, 4.69) is 45.0 Å². The molecule has 20 heavy (non-hydrogen) atoms. The van der Waals surface area contributed by atoms with E-state index in [1.165, 1.54) is 0 Å². The minimum Gasteiger partial charge on any atom is -0.372 e. The third-order valence-electron chi connectivity index (χ3n) is 3.82. The van der Waals surface area contributed by atoms with E-state index >= 15 is 0 Å². The van der Waals surface area contributed by atoms with Crippen LogP contribution in [0.1, 0.15) is 13.8 Å². The fourth-order valence-electron chi connectivity index (χ4n) is 2.94. The second-order valence-corrected chi connectivity index (χ2v) is 5.63. The van der Waals surface area contributed by atoms with Crippen LogP contribution in [0.5, 0.6) is 0 Å². The molecule has 0 aromatic carbocycles. The summed E-state index contributed by atoms with van der Waals surface area (Å²) in [6, 6.07) is 2.11. The summed E-state index contributed by atoms with van der Waals surface area (Å²) in [7, 11) is 0. The number of morpholine rings is 1. The summed E-state index contributed by atoms with van der Waals surface area (Å²) in [4.78, 5) is 13.5. The zero-order valence-electron chi connectivity index (χ0n) is 12.2. The topological polar surface area (TPSA) is 53.5 Å². The number of ether oxygens (including phenoxy) is 1. The van der Waals surface area contributed by atoms with E-state index in [1.807, 2.05) is 0 Å². The van der Waals surface area contributed by atoms with Gasteiger partial charge in [-0.25, -0.2) is 9.97 Å². The van der Waals surface area contributed by atoms with Gasteiger partial charge in [-0.3, -0.25) is 0 Å². The predicted molar refractivity (Wildman–Crippen MR) is 79.3 cm³/mol. The molecule has 2 atom stereocenters. The van der Waals surface area contributed by atoms with Gasteiger partial charge in [-0.15, -0.1) is 0 Å². The van der Waals surface area contributed by atoms with Crippen molar-refractivity contribution in [3.05, 3.63) is 12.4 Å². The van der Waals surface area contributed by atoms with Crippen LogP contribution in [-0.2, 0) is 4.74 Å². The summed E-state index contributed by atoms with van der Waals surface area (Å²) in [6.45, 7) is 10.1. The van der Waals surface area contributed by atoms with Gasteiger partial charge in [0.1, 0.15) is 18.0 Å². The van der Waals surface area contributed by atoms with Crippen molar-refractivity contribution in [3.8, 4) is 0 Å². The summed E-state index contributed by atoms with van der Waals surface area (Å²) in [5.74, 6) is 2.04. The van der Waals surface area contributed by atoms with Gasteiger partial charge in [0.2, 0.25) is 0 Å². The van der Waals surface area contributed by atoms with Crippen molar-refractivity contribution in [2.45, 2.75) is 26.1 Å². The molecule has 2 saturated heterocycles. The maximum atomic E-state index is 5.78. The van der Waals surface area contributed by atoms with Crippen molar-refractivity contribution in [1.29, 1.82) is 0 Å². The molecule has 2 aliphatic heterocycles. The highest BCUT2D eigenvalue weighted by Crippen LogP contribution is 2.21. The molecule has 0 saturated carbocycles. The zero-order chi connectivity index (χ0) is 13.9. The number of hydrogen-bond donors (Lipinski definition) is 1. The lowest BCUT2D eigenvalue weighted by Gasteiger charge is -2.36. The first-order valence-corrected chi connectivity index (χ1v) is 7.40. The molecule has 0 amide bonds. The van der Waals surface area contributed by atoms with E-state index in [0.717, 1.165) is 50.9 Å². The Kier molecular flexibility index (Phi) is 4.03. The number of piperazine rings is 1. The molecule has 0 spiro atoms. The first-order chi connectivity index (χ1) is 9.72. The maximum Gasteiger partial charge on any atom is 0.134 e. The van der Waals surface area contributed by atoms with E-state index in [9.17, 15) is 0 Å². The molecule has 3 heterocycles. The Morgan fingerprint density at radius 3 is 2.30 bits per heavy atom. The van der Waals surface area contributed by atoms with Gasteiger partial charge in [0.05, 0.1) is 12.2 Å². The van der Waals surface area contributed by atoms with Crippen molar-refractivity contribution in [1.82, 2.24) is 15.3 Å². The molecule has 1 N–H and O–H groups in total. The molecule has 0 bridgehead atoms. The van der Waals surface area contributed by atoms with E-state index in [4.69, 9.17) is 4.74 Å². The lowest BCUT2D eigenvalue weighted by Crippen LogP contribution is -2.46. The maximum absolute atomic E-state index is 5.78. The molecule has 3 rings (SSSR count). The van der Waals surface area contributed by atoms with Gasteiger partial charge in [0.15, 0.2) is 0 Å². The summed E-state index contributed by atoms with van der Waals surface area (Å²) in [5, 5.41) is 3.36. The molecule has 0 aliphatic carbocycles. The van der Waals surface area contributed by atoms with Crippen LogP contribution in [-0.4, -0.2) is 61.4 Å². The van der Waals surface area contributed by atoms with Crippen LogP contribution in [0.15, 0.2) is 12.4 Å². The molecule has 6 nitrogen and oxygen atoms in total. The van der Waals surface area contributed by atoms with E-state index < -0.39 is 0 Å². The van der Waals surface area contributed by atoms with E-state index in [-0.39, 0.29) is 12.2 Å². The highest BCUT2D eigenvalue weighted by molar-refractivity contribution is 5.50. The van der Waals surface area contributed by atoms with E-state index in [1.54, 1.807) is 6.33 Å². The van der Waals surface area contributed by atoms with Gasteiger partial charge in [-0.1, -0.05) is 0 Å². The lowest BCUT2D eigenvalue weighted by atomic mass is 10.2. The van der Waals surface area contributed by atoms with Crippen molar-refractivity contribution in [2.24, 2.45) is 0 Å². The fourth-order valence-corrected chi connectivity index (χ4v) is 2.94. The van der Waals surface area contributed by atoms with Gasteiger partial charge in [-0.2, -0.15) is 0 Å². The minimum absolute atomic E-state index is 0.247. The van der Waals surface area contributed by atoms with Crippen molar-refractivity contribution in [2.75, 3.05) is 49.1 Å². The number of rotatable bonds is 2. The highest BCUT2D eigenvalue weighted by atomic mass is 16.5. The van der Waals surface area contributed by atoms with Crippen molar-refractivity contribution < 1.29 is 4.74 Å². The largest absolute Gasteiger partial charge is 0.372 e. The van der Waals surface area contributed by atoms with Crippen LogP contribution in [0.2, 0.25) is 0 Å². The molecular formula is C14H23N5O. The van der Waals surface area contributed by atoms with Crippen LogP contribution in [0.25, 0.3) is 0 Å². The first kappa shape index (κ1) is 13.6. The Morgan fingerprint density at radius 1 is 1.05 bits per heavy atom. The molecule has 1 aromatic rings. The van der Waals surface area contributed by atoms with Crippen molar-refractivity contribution >= 4 is 11.6 Å². The molecule has 2 aliphatic rings. The minimum atomic E-state index is 0.247. The summed E-state index contributed by atoms with van der Waals surface area (Å²) in [6.07, 6.45) is 2.17. The van der Waals surface area contributed by atoms with Gasteiger partial charge in [0.25, 0.3) is 0 Å². The van der Waals surface area contributed by atoms with Gasteiger partial charge in [0, 0.05) is 45.3 Å². The average molecular weight is 277 g/mol. The molecule has 110 valence electrons. The van der Waals surface area contributed by atoms with Crippen LogP contribution in [0.3, 0.4) is 0 Å². The molecular weight excluding hydrogens is 254 g/mol. The molecule has 1 aromatic heterocycles. The summed E-state index contributed by atoms with van der Waals surface area (Å²) in [5.41, 5.74) is 0. The van der Waals surface area contributed by atoms with Gasteiger partial charge < -0.3 is 19.9 Å². The Labute approximate surface area is 120 Å². The van der Waals surface area contributed by atoms with Crippen LogP contribution >= 0.6 is 0 Å². The summed E-state index contributed by atoms with van der Waals surface area (Å²) < 4.78 is 5.78. The van der Waals surface area contributed by atoms with E-state index in [0.29, 0.717) is 0 Å². The number of nitrogens with one attached hydrogen (secondary N) is 1. The number of hydrogen-bond acceptors (Lipinski definition) is 6. The Balaban J connectivity index is 1.76. The summed E-state index contributed by atoms with van der Waals surface area (Å²) >= 11 is 0. The molecule has 2 fully saturated rings. The third kappa shape index (κ3) is 3.02. The zero-order valence-corrected chi connectivity index (χ0v) is 12.2. The number of aromatic nitrogens is 2. The highest BCUT2D eigenvalue weighted by Gasteiger charge is 2.24. The first-order valence-electron chi connectivity index (χ1n) is 7.40. The predicted octanol–water partition coefficient (Wildman–Crippen LogP) is 0.500. The number of nitrogens with zero attached hydrogens (tertiary/aromatic N) is 4. The normalized spacial score (nSPS) is 27.7. The number of anilines is 2. The second-order valence-electron chi connectivity index (χ2n) is 5.63. The molecule has 0 radical (unpaired) electrons. The van der Waals surface area contributed by atoms with Gasteiger partial charge >= 0.3 is 0 Å². The average Bonchev–Trinajstić information content (AvgIpc) is 2.47. The van der Waals surface area contributed by atoms with Crippen LogP contribution < -0.4 is 15.1 Å². The molecule has 6 heteroatoms. The Bertz CT molecular complexity index is 439. The van der Waals surface area contributed by atoms with Crippen molar-refractivity contribution in [3.63, 3.8) is 0 Å². The Morgan fingerprint density at radius 2 is 1.65 bits per heavy atom. The quantitative estimate of drug-likeness (QED) is 0.849. The van der Waals surface area contributed by atoms with Crippen LogP contribution in [0.4, 0.5) is 11.6 Å². The second kappa shape index (κ2) is 5.93. The Hall–Kier alpha value is -1.40. The van der Waals surface area contributed by atoms with Gasteiger partial charge in [-0.05, 0) is 13.8 Å². The van der Waals surface area contributed by atoms with Crippen LogP contribution in [0, 0.1) is 0 Å². The monoisotopic (exact) mass is 277 g/mol.